The SMILES string of the molecule is Cn1cnnc1-c1ccc(C#N)cc1-c1cc(Cl)nc(N2Cc3c(cc(CN4CCC5(CC5)C4)cc3C(F)(F)F)C2=O)c1. The molecule has 2 aliphatic heterocycles. The van der Waals surface area contributed by atoms with Crippen LogP contribution in [0.1, 0.15) is 51.9 Å². The second-order valence-corrected chi connectivity index (χ2v) is 12.1. The van der Waals surface area contributed by atoms with E-state index >= 15 is 0 Å². The molecule has 1 aliphatic carbocycles. The van der Waals surface area contributed by atoms with Crippen molar-refractivity contribution in [3.05, 3.63) is 81.8 Å². The monoisotopic (exact) mass is 603 g/mol. The van der Waals surface area contributed by atoms with E-state index in [1.54, 1.807) is 54.3 Å². The molecule has 2 aromatic heterocycles. The van der Waals surface area contributed by atoms with Crippen molar-refractivity contribution in [3.63, 3.8) is 0 Å². The number of anilines is 1. The molecule has 43 heavy (non-hydrogen) atoms. The second kappa shape index (κ2) is 9.89. The Morgan fingerprint density at radius 1 is 1.07 bits per heavy atom. The predicted molar refractivity (Wildman–Crippen MR) is 153 cm³/mol. The molecule has 0 atom stereocenters. The van der Waals surface area contributed by atoms with Crippen LogP contribution in [-0.4, -0.2) is 43.6 Å². The highest BCUT2D eigenvalue weighted by atomic mass is 35.5. The summed E-state index contributed by atoms with van der Waals surface area (Å²) in [4.78, 5) is 21.5. The highest BCUT2D eigenvalue weighted by Gasteiger charge is 2.47. The second-order valence-electron chi connectivity index (χ2n) is 11.7. The van der Waals surface area contributed by atoms with Gasteiger partial charge in [-0.3, -0.25) is 14.6 Å². The number of nitriles is 1. The van der Waals surface area contributed by atoms with Crippen LogP contribution in [0, 0.1) is 16.7 Å². The summed E-state index contributed by atoms with van der Waals surface area (Å²) >= 11 is 6.44. The van der Waals surface area contributed by atoms with E-state index in [1.807, 2.05) is 0 Å². The number of alkyl halides is 3. The maximum absolute atomic E-state index is 14.3. The van der Waals surface area contributed by atoms with Gasteiger partial charge in [0.25, 0.3) is 5.91 Å². The first-order valence-electron chi connectivity index (χ1n) is 13.9. The Bertz CT molecular complexity index is 1840. The summed E-state index contributed by atoms with van der Waals surface area (Å²) in [5.41, 5.74) is 2.11. The molecular formula is C31H25ClF3N7O. The molecule has 4 heterocycles. The van der Waals surface area contributed by atoms with Gasteiger partial charge in [-0.2, -0.15) is 18.4 Å². The van der Waals surface area contributed by atoms with Crippen molar-refractivity contribution in [2.24, 2.45) is 12.5 Å². The standard InChI is InChI=1S/C31H25ClF3N7O/c1-40-17-37-39-28(40)21-3-2-18(13-36)8-22(21)20-11-26(32)38-27(12-20)42-15-24-23(29(42)43)9-19(10-25(24)31(33,34)35)14-41-7-6-30(16-41)4-5-30/h2-3,8-12,17H,4-7,14-16H2,1H3. The lowest BCUT2D eigenvalue weighted by atomic mass is 9.97. The Kier molecular flexibility index (Phi) is 6.34. The van der Waals surface area contributed by atoms with Crippen molar-refractivity contribution in [2.75, 3.05) is 18.0 Å². The van der Waals surface area contributed by atoms with Gasteiger partial charge in [0.1, 0.15) is 17.3 Å². The van der Waals surface area contributed by atoms with E-state index in [4.69, 9.17) is 11.6 Å². The van der Waals surface area contributed by atoms with E-state index in [9.17, 15) is 23.2 Å². The minimum absolute atomic E-state index is 0.0275. The Hall–Kier alpha value is -4.27. The van der Waals surface area contributed by atoms with E-state index in [2.05, 4.69) is 26.2 Å². The van der Waals surface area contributed by atoms with E-state index in [0.717, 1.165) is 19.5 Å². The summed E-state index contributed by atoms with van der Waals surface area (Å²) in [7, 11) is 1.78. The molecule has 0 unspecified atom stereocenters. The van der Waals surface area contributed by atoms with E-state index in [1.165, 1.54) is 23.8 Å². The van der Waals surface area contributed by atoms with Gasteiger partial charge in [-0.1, -0.05) is 11.6 Å². The highest BCUT2D eigenvalue weighted by molar-refractivity contribution is 6.30. The van der Waals surface area contributed by atoms with Gasteiger partial charge >= 0.3 is 6.18 Å². The fourth-order valence-corrected chi connectivity index (χ4v) is 6.56. The molecule has 2 fully saturated rings. The van der Waals surface area contributed by atoms with E-state index < -0.39 is 17.6 Å². The molecular weight excluding hydrogens is 579 g/mol. The van der Waals surface area contributed by atoms with Gasteiger partial charge in [-0.15, -0.1) is 10.2 Å². The number of aryl methyl sites for hydroxylation is 1. The number of nitrogens with zero attached hydrogens (tertiary/aromatic N) is 7. The third-order valence-electron chi connectivity index (χ3n) is 8.76. The lowest BCUT2D eigenvalue weighted by Crippen LogP contribution is -2.24. The zero-order valence-corrected chi connectivity index (χ0v) is 23.9. The van der Waals surface area contributed by atoms with Crippen LogP contribution >= 0.6 is 11.6 Å². The number of hydrogen-bond acceptors (Lipinski definition) is 6. The molecule has 8 nitrogen and oxygen atoms in total. The molecule has 0 radical (unpaired) electrons. The highest BCUT2D eigenvalue weighted by Crippen LogP contribution is 2.53. The molecule has 0 bridgehead atoms. The molecule has 1 saturated carbocycles. The molecule has 1 spiro atoms. The maximum Gasteiger partial charge on any atom is 0.416 e. The lowest BCUT2D eigenvalue weighted by molar-refractivity contribution is -0.138. The summed E-state index contributed by atoms with van der Waals surface area (Å²) < 4.78 is 44.7. The first-order valence-corrected chi connectivity index (χ1v) is 14.3. The number of likely N-dealkylation sites (tertiary alicyclic amines) is 1. The van der Waals surface area contributed by atoms with Crippen molar-refractivity contribution in [3.8, 4) is 28.6 Å². The minimum atomic E-state index is -4.63. The van der Waals surface area contributed by atoms with Gasteiger partial charge < -0.3 is 4.57 Å². The van der Waals surface area contributed by atoms with E-state index in [0.29, 0.717) is 45.6 Å². The number of aromatic nitrogens is 4. The summed E-state index contributed by atoms with van der Waals surface area (Å²) in [5.74, 6) is 0.0777. The molecule has 4 aromatic rings. The molecule has 1 amide bonds. The number of benzene rings is 2. The van der Waals surface area contributed by atoms with Gasteiger partial charge in [-0.05, 0) is 95.9 Å². The van der Waals surface area contributed by atoms with Crippen LogP contribution in [0.25, 0.3) is 22.5 Å². The summed E-state index contributed by atoms with van der Waals surface area (Å²) in [5, 5.41) is 17.7. The Morgan fingerprint density at radius 2 is 1.88 bits per heavy atom. The van der Waals surface area contributed by atoms with E-state index in [-0.39, 0.29) is 28.6 Å². The number of hydrogen-bond donors (Lipinski definition) is 0. The molecule has 1 saturated heterocycles. The molecule has 0 N–H and O–H groups in total. The van der Waals surface area contributed by atoms with Crippen molar-refractivity contribution in [2.45, 2.75) is 38.5 Å². The van der Waals surface area contributed by atoms with Crippen LogP contribution in [0.4, 0.5) is 19.0 Å². The smallest absolute Gasteiger partial charge is 0.317 e. The molecule has 3 aliphatic rings. The van der Waals surface area contributed by atoms with Crippen LogP contribution in [0.3, 0.4) is 0 Å². The first-order chi connectivity index (χ1) is 20.5. The minimum Gasteiger partial charge on any atom is -0.317 e. The average Bonchev–Trinajstić information content (AvgIpc) is 3.23. The van der Waals surface area contributed by atoms with Gasteiger partial charge in [-0.25, -0.2) is 4.98 Å². The average molecular weight is 604 g/mol. The van der Waals surface area contributed by atoms with Crippen LogP contribution in [0.2, 0.25) is 5.15 Å². The third kappa shape index (κ3) is 4.94. The van der Waals surface area contributed by atoms with Crippen LogP contribution in [0.5, 0.6) is 0 Å². The van der Waals surface area contributed by atoms with Gasteiger partial charge in [0.15, 0.2) is 5.82 Å². The zero-order chi connectivity index (χ0) is 30.1. The Morgan fingerprint density at radius 3 is 2.56 bits per heavy atom. The number of rotatable bonds is 5. The largest absolute Gasteiger partial charge is 0.416 e. The van der Waals surface area contributed by atoms with Gasteiger partial charge in [0, 0.05) is 31.3 Å². The topological polar surface area (TPSA) is 90.9 Å². The maximum atomic E-state index is 14.3. The molecule has 12 heteroatoms. The Labute approximate surface area is 250 Å². The zero-order valence-electron chi connectivity index (χ0n) is 23.1. The van der Waals surface area contributed by atoms with Crippen LogP contribution in [-0.2, 0) is 26.3 Å². The molecule has 2 aromatic carbocycles. The van der Waals surface area contributed by atoms with Crippen molar-refractivity contribution in [1.82, 2.24) is 24.6 Å². The quantitative estimate of drug-likeness (QED) is 0.251. The number of carbonyl (C=O) groups excluding carboxylic acids is 1. The molecule has 7 rings (SSSR count). The van der Waals surface area contributed by atoms with Crippen molar-refractivity contribution < 1.29 is 18.0 Å². The fourth-order valence-electron chi connectivity index (χ4n) is 6.35. The number of pyridine rings is 1. The number of fused-ring (bicyclic) bond motifs is 1. The molecule has 218 valence electrons. The Balaban J connectivity index is 1.27. The first kappa shape index (κ1) is 27.6. The van der Waals surface area contributed by atoms with Crippen molar-refractivity contribution in [1.29, 1.82) is 5.26 Å². The van der Waals surface area contributed by atoms with Crippen LogP contribution in [0.15, 0.2) is 48.8 Å². The summed E-state index contributed by atoms with van der Waals surface area (Å²) in [6.45, 7) is 1.80. The summed E-state index contributed by atoms with van der Waals surface area (Å²) in [6.07, 6.45) is 0.321. The number of carbonyl (C=O) groups is 1. The fraction of sp³-hybridized carbons (Fsp3) is 0.323. The number of halogens is 4. The van der Waals surface area contributed by atoms with Crippen LogP contribution < -0.4 is 4.90 Å². The van der Waals surface area contributed by atoms with Crippen molar-refractivity contribution >= 4 is 23.3 Å². The number of amides is 1. The normalized spacial score (nSPS) is 17.5. The summed E-state index contributed by atoms with van der Waals surface area (Å²) in [6, 6.07) is 13.1. The predicted octanol–water partition coefficient (Wildman–Crippen LogP) is 6.23. The third-order valence-corrected chi connectivity index (χ3v) is 8.95. The van der Waals surface area contributed by atoms with Gasteiger partial charge in [0.2, 0.25) is 0 Å². The lowest BCUT2D eigenvalue weighted by Gasteiger charge is -2.18. The van der Waals surface area contributed by atoms with Gasteiger partial charge in [0.05, 0.1) is 23.7 Å².